The van der Waals surface area contributed by atoms with Crippen molar-refractivity contribution in [3.05, 3.63) is 71.4 Å². The van der Waals surface area contributed by atoms with Gasteiger partial charge in [-0.25, -0.2) is 0 Å². The van der Waals surface area contributed by atoms with Crippen molar-refractivity contribution < 1.29 is 0 Å². The normalized spacial score (nSPS) is 22.1. The number of hydrogen-bond donors (Lipinski definition) is 1. The average molecular weight is 316 g/mol. The van der Waals surface area contributed by atoms with Crippen LogP contribution in [-0.2, 0) is 6.42 Å². The molecule has 1 saturated carbocycles. The van der Waals surface area contributed by atoms with Crippen LogP contribution in [0.1, 0.15) is 48.5 Å². The minimum Gasteiger partial charge on any atom is -0.357 e. The molecule has 0 spiro atoms. The van der Waals surface area contributed by atoms with Gasteiger partial charge in [-0.05, 0) is 36.5 Å². The van der Waals surface area contributed by atoms with E-state index < -0.39 is 0 Å². The van der Waals surface area contributed by atoms with Crippen LogP contribution in [0.3, 0.4) is 0 Å². The summed E-state index contributed by atoms with van der Waals surface area (Å²) in [6.07, 6.45) is 6.67. The smallest absolute Gasteiger partial charge is 0.0759 e. The number of H-pyrrole nitrogens is 1. The Kier molecular flexibility index (Phi) is 3.45. The van der Waals surface area contributed by atoms with Crippen LogP contribution in [-0.4, -0.2) is 22.5 Å². The number of rotatable bonds is 2. The molecular formula is C22H24N2. The maximum atomic E-state index is 3.78. The molecule has 0 amide bonds. The number of fused-ring (bicyclic) bond motifs is 3. The van der Waals surface area contributed by atoms with E-state index in [1.165, 1.54) is 66.4 Å². The molecule has 1 N–H and O–H groups in total. The Morgan fingerprint density at radius 3 is 2.46 bits per heavy atom. The summed E-state index contributed by atoms with van der Waals surface area (Å²) in [5.74, 6) is 0. The van der Waals surface area contributed by atoms with Gasteiger partial charge in [-0.2, -0.15) is 0 Å². The number of aromatic nitrogens is 1. The lowest BCUT2D eigenvalue weighted by Gasteiger charge is -2.40. The first-order valence-corrected chi connectivity index (χ1v) is 9.32. The van der Waals surface area contributed by atoms with Crippen LogP contribution < -0.4 is 0 Å². The van der Waals surface area contributed by atoms with Gasteiger partial charge in [0, 0.05) is 29.2 Å². The summed E-state index contributed by atoms with van der Waals surface area (Å²) in [6.45, 7) is 1.18. The van der Waals surface area contributed by atoms with Crippen LogP contribution in [0.4, 0.5) is 0 Å². The van der Waals surface area contributed by atoms with Crippen molar-refractivity contribution in [2.75, 3.05) is 6.54 Å². The molecule has 2 heterocycles. The van der Waals surface area contributed by atoms with Gasteiger partial charge in [-0.15, -0.1) is 0 Å². The topological polar surface area (TPSA) is 19.0 Å². The fraction of sp³-hybridized carbons (Fsp3) is 0.364. The molecule has 2 aliphatic rings. The van der Waals surface area contributed by atoms with Crippen molar-refractivity contribution in [1.82, 2.24) is 9.88 Å². The maximum Gasteiger partial charge on any atom is 0.0759 e. The number of nitrogens with one attached hydrogen (secondary N) is 1. The van der Waals surface area contributed by atoms with Gasteiger partial charge in [-0.3, -0.25) is 4.90 Å². The molecule has 3 aromatic rings. The fourth-order valence-corrected chi connectivity index (χ4v) is 4.88. The number of benzene rings is 2. The predicted octanol–water partition coefficient (Wildman–Crippen LogP) is 5.06. The Labute approximate surface area is 143 Å². The van der Waals surface area contributed by atoms with E-state index in [1.54, 1.807) is 0 Å². The standard InChI is InChI=1S/C22H24N2/c1-2-8-16(9-3-1)22-21-19(18-12-6-7-13-20(18)23-21)14-15-24(22)17-10-4-5-11-17/h1-3,6-9,12-13,17,22-23H,4-5,10-11,14-15H2. The molecule has 0 radical (unpaired) electrons. The third-order valence-electron chi connectivity index (χ3n) is 5.98. The number of nitrogens with zero attached hydrogens (tertiary/aromatic N) is 1. The first kappa shape index (κ1) is 14.3. The lowest BCUT2D eigenvalue weighted by Crippen LogP contribution is -2.42. The number of aromatic amines is 1. The zero-order valence-corrected chi connectivity index (χ0v) is 14.0. The van der Waals surface area contributed by atoms with Gasteiger partial charge in [0.05, 0.1) is 6.04 Å². The van der Waals surface area contributed by atoms with Crippen LogP contribution in [0.5, 0.6) is 0 Å². The highest BCUT2D eigenvalue weighted by Gasteiger charge is 2.36. The molecular weight excluding hydrogens is 292 g/mol. The van der Waals surface area contributed by atoms with E-state index in [4.69, 9.17) is 0 Å². The van der Waals surface area contributed by atoms with Crippen molar-refractivity contribution in [3.8, 4) is 0 Å². The summed E-state index contributed by atoms with van der Waals surface area (Å²) in [4.78, 5) is 6.55. The second-order valence-electron chi connectivity index (χ2n) is 7.30. The molecule has 2 heteroatoms. The van der Waals surface area contributed by atoms with Gasteiger partial charge >= 0.3 is 0 Å². The van der Waals surface area contributed by atoms with Crippen LogP contribution in [0.15, 0.2) is 54.6 Å². The third-order valence-corrected chi connectivity index (χ3v) is 5.98. The molecule has 5 rings (SSSR count). The van der Waals surface area contributed by atoms with Crippen LogP contribution >= 0.6 is 0 Å². The second kappa shape index (κ2) is 5.78. The second-order valence-corrected chi connectivity index (χ2v) is 7.30. The van der Waals surface area contributed by atoms with Gasteiger partial charge in [0.2, 0.25) is 0 Å². The molecule has 0 saturated heterocycles. The zero-order valence-electron chi connectivity index (χ0n) is 14.0. The molecule has 1 atom stereocenters. The predicted molar refractivity (Wildman–Crippen MR) is 99.2 cm³/mol. The van der Waals surface area contributed by atoms with E-state index >= 15 is 0 Å². The van der Waals surface area contributed by atoms with Gasteiger partial charge in [0.1, 0.15) is 0 Å². The summed E-state index contributed by atoms with van der Waals surface area (Å²) in [5.41, 5.74) is 5.68. The molecule has 2 aromatic carbocycles. The average Bonchev–Trinajstić information content (AvgIpc) is 3.29. The Bertz CT molecular complexity index is 843. The van der Waals surface area contributed by atoms with Crippen molar-refractivity contribution in [3.63, 3.8) is 0 Å². The van der Waals surface area contributed by atoms with Crippen molar-refractivity contribution in [2.24, 2.45) is 0 Å². The highest BCUT2D eigenvalue weighted by atomic mass is 15.2. The molecule has 1 unspecified atom stereocenters. The fourth-order valence-electron chi connectivity index (χ4n) is 4.88. The summed E-state index contributed by atoms with van der Waals surface area (Å²) >= 11 is 0. The third kappa shape index (κ3) is 2.21. The molecule has 1 aliphatic heterocycles. The molecule has 1 aliphatic carbocycles. The van der Waals surface area contributed by atoms with Gasteiger partial charge < -0.3 is 4.98 Å². The van der Waals surface area contributed by atoms with E-state index in [0.717, 1.165) is 6.04 Å². The van der Waals surface area contributed by atoms with Crippen molar-refractivity contribution >= 4 is 10.9 Å². The Hall–Kier alpha value is -2.06. The molecule has 0 bridgehead atoms. The molecule has 1 aromatic heterocycles. The molecule has 122 valence electrons. The molecule has 1 fully saturated rings. The summed E-state index contributed by atoms with van der Waals surface area (Å²) in [5, 5.41) is 1.42. The lowest BCUT2D eigenvalue weighted by atomic mass is 9.90. The summed E-state index contributed by atoms with van der Waals surface area (Å²) in [7, 11) is 0. The number of para-hydroxylation sites is 1. The van der Waals surface area contributed by atoms with E-state index in [1.807, 2.05) is 0 Å². The van der Waals surface area contributed by atoms with Crippen LogP contribution in [0, 0.1) is 0 Å². The summed E-state index contributed by atoms with van der Waals surface area (Å²) < 4.78 is 0. The van der Waals surface area contributed by atoms with Gasteiger partial charge in [0.15, 0.2) is 0 Å². The largest absolute Gasteiger partial charge is 0.357 e. The van der Waals surface area contributed by atoms with Gasteiger partial charge in [0.25, 0.3) is 0 Å². The highest BCUT2D eigenvalue weighted by Crippen LogP contribution is 2.41. The monoisotopic (exact) mass is 316 g/mol. The van der Waals surface area contributed by atoms with E-state index in [-0.39, 0.29) is 0 Å². The minimum atomic E-state index is 0.380. The molecule has 24 heavy (non-hydrogen) atoms. The number of hydrogen-bond acceptors (Lipinski definition) is 1. The zero-order chi connectivity index (χ0) is 15.9. The van der Waals surface area contributed by atoms with Crippen LogP contribution in [0.2, 0.25) is 0 Å². The maximum absolute atomic E-state index is 3.78. The van der Waals surface area contributed by atoms with E-state index in [0.29, 0.717) is 6.04 Å². The first-order valence-electron chi connectivity index (χ1n) is 9.32. The SMILES string of the molecule is c1ccc(C2c3[nH]c4ccccc4c3CCN2C2CCCC2)cc1. The minimum absolute atomic E-state index is 0.380. The quantitative estimate of drug-likeness (QED) is 0.700. The Morgan fingerprint density at radius 2 is 1.62 bits per heavy atom. The Balaban J connectivity index is 1.67. The molecule has 2 nitrogen and oxygen atoms in total. The lowest BCUT2D eigenvalue weighted by molar-refractivity contribution is 0.146. The van der Waals surface area contributed by atoms with Crippen molar-refractivity contribution in [2.45, 2.75) is 44.2 Å². The van der Waals surface area contributed by atoms with Gasteiger partial charge in [-0.1, -0.05) is 61.4 Å². The Morgan fingerprint density at radius 1 is 0.875 bits per heavy atom. The van der Waals surface area contributed by atoms with Crippen LogP contribution in [0.25, 0.3) is 10.9 Å². The van der Waals surface area contributed by atoms with Crippen molar-refractivity contribution in [1.29, 1.82) is 0 Å². The summed E-state index contributed by atoms with van der Waals surface area (Å²) in [6, 6.07) is 21.0. The first-order chi connectivity index (χ1) is 11.9. The van der Waals surface area contributed by atoms with E-state index in [2.05, 4.69) is 64.5 Å². The highest BCUT2D eigenvalue weighted by molar-refractivity contribution is 5.85. The van der Waals surface area contributed by atoms with E-state index in [9.17, 15) is 0 Å².